The van der Waals surface area contributed by atoms with Crippen molar-refractivity contribution in [3.63, 3.8) is 0 Å². The number of phenols is 3. The minimum absolute atomic E-state index is 0.105. The summed E-state index contributed by atoms with van der Waals surface area (Å²) in [6.45, 7) is -1.70. The average molecular weight is 595 g/mol. The summed E-state index contributed by atoms with van der Waals surface area (Å²) in [4.78, 5) is 13.8. The molecule has 5 rings (SSSR count). The van der Waals surface area contributed by atoms with Gasteiger partial charge in [0.05, 0.1) is 29.9 Å². The van der Waals surface area contributed by atoms with Gasteiger partial charge >= 0.3 is 0 Å². The molecule has 0 bridgehead atoms. The molecule has 10 atom stereocenters. The number of hydrogen-bond donors (Lipinski definition) is 11. The fourth-order valence-electron chi connectivity index (χ4n) is 5.43. The van der Waals surface area contributed by atoms with Crippen molar-refractivity contribution in [3.8, 4) is 28.4 Å². The summed E-state index contributed by atoms with van der Waals surface area (Å²) >= 11 is 0. The molecule has 0 radical (unpaired) electrons. The second kappa shape index (κ2) is 11.4. The third-order valence-electron chi connectivity index (χ3n) is 7.77. The van der Waals surface area contributed by atoms with Crippen LogP contribution < -0.4 is 5.43 Å². The van der Waals surface area contributed by atoms with Crippen LogP contribution in [0.4, 0.5) is 0 Å². The zero-order valence-corrected chi connectivity index (χ0v) is 21.6. The van der Waals surface area contributed by atoms with Crippen LogP contribution in [0.1, 0.15) is 23.3 Å². The Labute approximate surface area is 235 Å². The largest absolute Gasteiger partial charge is 0.508 e. The van der Waals surface area contributed by atoms with Crippen molar-refractivity contribution in [2.45, 2.75) is 61.0 Å². The lowest BCUT2D eigenvalue weighted by atomic mass is 9.85. The van der Waals surface area contributed by atoms with Gasteiger partial charge in [0.2, 0.25) is 5.43 Å². The van der Waals surface area contributed by atoms with E-state index in [9.17, 15) is 61.0 Å². The number of ether oxygens (including phenoxy) is 2. The maximum Gasteiger partial charge on any atom is 0.204 e. The van der Waals surface area contributed by atoms with E-state index in [-0.39, 0.29) is 16.9 Å². The molecule has 42 heavy (non-hydrogen) atoms. The molecule has 2 aliphatic heterocycles. The third-order valence-corrected chi connectivity index (χ3v) is 7.77. The summed E-state index contributed by atoms with van der Waals surface area (Å²) in [5.74, 6) is -2.09. The first kappa shape index (κ1) is 30.1. The zero-order chi connectivity index (χ0) is 30.6. The number of phenolic OH excluding ortho intramolecular Hbond substituents is 3. The van der Waals surface area contributed by atoms with Gasteiger partial charge in [-0.15, -0.1) is 0 Å². The number of rotatable bonds is 5. The third kappa shape index (κ3) is 4.69. The van der Waals surface area contributed by atoms with Crippen molar-refractivity contribution in [2.75, 3.05) is 13.2 Å². The highest BCUT2D eigenvalue weighted by Gasteiger charge is 2.50. The number of aliphatic hydroxyl groups excluding tert-OH is 8. The van der Waals surface area contributed by atoms with Gasteiger partial charge in [0, 0.05) is 0 Å². The Kier molecular flexibility index (Phi) is 8.16. The Morgan fingerprint density at radius 2 is 1.14 bits per heavy atom. The Balaban J connectivity index is 1.82. The number of hydrogen-bond acceptors (Lipinski definition) is 15. The predicted octanol–water partition coefficient (Wildman–Crippen LogP) is -2.39. The van der Waals surface area contributed by atoms with E-state index in [1.54, 1.807) is 0 Å². The molecule has 0 aliphatic carbocycles. The highest BCUT2D eigenvalue weighted by atomic mass is 16.6. The van der Waals surface area contributed by atoms with Gasteiger partial charge in [0.25, 0.3) is 0 Å². The van der Waals surface area contributed by atoms with Gasteiger partial charge in [0.15, 0.2) is 5.58 Å². The molecule has 11 N–H and O–H groups in total. The fourth-order valence-corrected chi connectivity index (χ4v) is 5.43. The molecule has 15 nitrogen and oxygen atoms in total. The highest BCUT2D eigenvalue weighted by Crippen LogP contribution is 2.50. The number of aliphatic hydroxyl groups is 8. The van der Waals surface area contributed by atoms with E-state index in [2.05, 4.69) is 0 Å². The first-order valence-corrected chi connectivity index (χ1v) is 12.9. The number of aromatic hydroxyl groups is 3. The molecule has 2 aromatic carbocycles. The van der Waals surface area contributed by atoms with Gasteiger partial charge in [-0.25, -0.2) is 0 Å². The number of fused-ring (bicyclic) bond motifs is 1. The molecule has 3 aromatic rings. The lowest BCUT2D eigenvalue weighted by Crippen LogP contribution is -2.55. The minimum atomic E-state index is -2.04. The van der Waals surface area contributed by atoms with E-state index in [1.807, 2.05) is 0 Å². The normalized spacial score (nSPS) is 33.6. The first-order valence-electron chi connectivity index (χ1n) is 12.9. The molecule has 0 unspecified atom stereocenters. The molecule has 2 saturated heterocycles. The lowest BCUT2D eigenvalue weighted by molar-refractivity contribution is -0.234. The van der Waals surface area contributed by atoms with Gasteiger partial charge in [-0.3, -0.25) is 4.79 Å². The van der Waals surface area contributed by atoms with Gasteiger partial charge in [-0.2, -0.15) is 0 Å². The van der Waals surface area contributed by atoms with E-state index in [0.29, 0.717) is 0 Å². The van der Waals surface area contributed by atoms with Crippen LogP contribution in [0, 0.1) is 0 Å². The monoisotopic (exact) mass is 594 g/mol. The molecule has 2 aliphatic rings. The minimum Gasteiger partial charge on any atom is -0.508 e. The summed E-state index contributed by atoms with van der Waals surface area (Å²) in [5.41, 5.74) is -2.63. The van der Waals surface area contributed by atoms with E-state index in [4.69, 9.17) is 13.9 Å². The Bertz CT molecular complexity index is 1500. The molecular weight excluding hydrogens is 564 g/mol. The molecule has 0 amide bonds. The summed E-state index contributed by atoms with van der Waals surface area (Å²) in [5, 5.41) is 114. The summed E-state index contributed by atoms with van der Waals surface area (Å²) in [6, 6.07) is 5.33. The molecule has 0 spiro atoms. The van der Waals surface area contributed by atoms with Gasteiger partial charge < -0.3 is 70.1 Å². The topological polar surface area (TPSA) is 271 Å². The Hall–Kier alpha value is -3.35. The summed E-state index contributed by atoms with van der Waals surface area (Å²) in [7, 11) is 0. The second-order valence-corrected chi connectivity index (χ2v) is 10.3. The quantitative estimate of drug-likeness (QED) is 0.147. The lowest BCUT2D eigenvalue weighted by Gasteiger charge is -2.42. The molecule has 3 heterocycles. The van der Waals surface area contributed by atoms with E-state index < -0.39 is 113 Å². The summed E-state index contributed by atoms with van der Waals surface area (Å²) < 4.78 is 16.8. The smallest absolute Gasteiger partial charge is 0.204 e. The maximum atomic E-state index is 13.8. The predicted molar refractivity (Wildman–Crippen MR) is 138 cm³/mol. The average Bonchev–Trinajstić information content (AvgIpc) is 2.97. The number of benzene rings is 2. The molecule has 2 fully saturated rings. The molecule has 228 valence electrons. The van der Waals surface area contributed by atoms with Crippen molar-refractivity contribution >= 4 is 11.0 Å². The van der Waals surface area contributed by atoms with Crippen LogP contribution in [0.5, 0.6) is 17.2 Å². The van der Waals surface area contributed by atoms with Crippen molar-refractivity contribution in [3.05, 3.63) is 51.9 Å². The fraction of sp³-hybridized carbons (Fsp3) is 0.444. The second-order valence-electron chi connectivity index (χ2n) is 10.3. The van der Waals surface area contributed by atoms with Crippen LogP contribution in [0.15, 0.2) is 39.7 Å². The molecule has 1 aromatic heterocycles. The standard InChI is InChI=1S/C27H30O15/c28-5-11-17(32)21(36)23(38)26(41-11)14-19(34)13-16(31)10(8-1-3-9(30)4-2-8)7-40-25(13)15(20(14)35)27-24(39)22(37)18(33)12(6-29)42-27/h1-4,7,11-12,17-18,21-24,26-30,32-39H,5-6H2/t11-,12-,17+,18+,21+,22+,23+,24+,26+,27+/m0/s1. The van der Waals surface area contributed by atoms with Crippen LogP contribution in [0.2, 0.25) is 0 Å². The SMILES string of the molecule is O=c1c(-c2ccc(O)cc2)coc2c([C@H]3O[C@@H](CO)[C@@H](O)[C@@H](O)[C@H]3O)c(O)c([C@H]3O[C@@H](CO)[C@@H](O)[C@@H](O)[C@H]3O)c(O)c12. The van der Waals surface area contributed by atoms with E-state index in [0.717, 1.165) is 6.26 Å². The van der Waals surface area contributed by atoms with Gasteiger partial charge in [-0.05, 0) is 17.7 Å². The van der Waals surface area contributed by atoms with Crippen LogP contribution in [0.25, 0.3) is 22.1 Å². The van der Waals surface area contributed by atoms with Crippen molar-refractivity contribution < 1.29 is 70.1 Å². The van der Waals surface area contributed by atoms with Crippen LogP contribution >= 0.6 is 0 Å². The highest BCUT2D eigenvalue weighted by molar-refractivity contribution is 5.93. The molecule has 15 heteroatoms. The van der Waals surface area contributed by atoms with Crippen molar-refractivity contribution in [2.24, 2.45) is 0 Å². The van der Waals surface area contributed by atoms with E-state index >= 15 is 0 Å². The zero-order valence-electron chi connectivity index (χ0n) is 21.6. The van der Waals surface area contributed by atoms with Gasteiger partial charge in [0.1, 0.15) is 89.9 Å². The summed E-state index contributed by atoms with van der Waals surface area (Å²) in [6.07, 6.45) is -17.2. The van der Waals surface area contributed by atoms with Crippen LogP contribution in [-0.2, 0) is 9.47 Å². The van der Waals surface area contributed by atoms with Crippen molar-refractivity contribution in [1.29, 1.82) is 0 Å². The van der Waals surface area contributed by atoms with E-state index in [1.165, 1.54) is 24.3 Å². The maximum absolute atomic E-state index is 13.8. The Morgan fingerprint density at radius 3 is 1.64 bits per heavy atom. The molecule has 0 saturated carbocycles. The van der Waals surface area contributed by atoms with Gasteiger partial charge in [-0.1, -0.05) is 12.1 Å². The van der Waals surface area contributed by atoms with Crippen molar-refractivity contribution in [1.82, 2.24) is 0 Å². The molecular formula is C27H30O15. The van der Waals surface area contributed by atoms with Crippen LogP contribution in [0.3, 0.4) is 0 Å². The Morgan fingerprint density at radius 1 is 0.643 bits per heavy atom. The van der Waals surface area contributed by atoms with Crippen LogP contribution in [-0.4, -0.2) is 118 Å². The first-order chi connectivity index (χ1) is 19.9.